The zero-order valence-electron chi connectivity index (χ0n) is 28.2. The van der Waals surface area contributed by atoms with E-state index < -0.39 is 5.60 Å². The lowest BCUT2D eigenvalue weighted by atomic mass is 9.49. The van der Waals surface area contributed by atoms with Crippen LogP contribution in [0.25, 0.3) is 0 Å². The minimum absolute atomic E-state index is 0.127. The van der Waals surface area contributed by atoms with E-state index in [0.717, 1.165) is 64.1 Å². The molecule has 45 heavy (non-hydrogen) atoms. The minimum atomic E-state index is -0.603. The highest BCUT2D eigenvalue weighted by atomic mass is 16.3. The van der Waals surface area contributed by atoms with Gasteiger partial charge in [0.1, 0.15) is 11.5 Å². The topological polar surface area (TPSA) is 67.2 Å². The van der Waals surface area contributed by atoms with Gasteiger partial charge in [0.2, 0.25) is 0 Å². The van der Waals surface area contributed by atoms with E-state index in [-0.39, 0.29) is 16.9 Å². The Balaban J connectivity index is 0.000000146. The molecule has 2 saturated heterocycles. The second kappa shape index (κ2) is 11.7. The average molecular weight is 613 g/mol. The van der Waals surface area contributed by atoms with Crippen LogP contribution in [0.15, 0.2) is 48.0 Å². The fraction of sp³-hybridized carbons (Fsp3) is 0.650. The molecule has 244 valence electrons. The highest BCUT2D eigenvalue weighted by Crippen LogP contribution is 2.58. The molecule has 4 aliphatic carbocycles. The number of aromatic hydroxyl groups is 2. The molecule has 2 aromatic carbocycles. The lowest BCUT2D eigenvalue weighted by Gasteiger charge is -2.64. The van der Waals surface area contributed by atoms with E-state index in [1.807, 2.05) is 24.3 Å². The first-order valence-electron chi connectivity index (χ1n) is 18.0. The summed E-state index contributed by atoms with van der Waals surface area (Å²) < 4.78 is 0. The van der Waals surface area contributed by atoms with E-state index in [1.54, 1.807) is 0 Å². The number of allylic oxidation sites excluding steroid dienone is 1. The summed E-state index contributed by atoms with van der Waals surface area (Å²) in [5.41, 5.74) is 6.31. The smallest absolute Gasteiger partial charge is 0.115 e. The molecule has 4 bridgehead atoms. The Morgan fingerprint density at radius 3 is 2.20 bits per heavy atom. The minimum Gasteiger partial charge on any atom is -0.508 e. The highest BCUT2D eigenvalue weighted by Gasteiger charge is 2.63. The SMILES string of the molecule is CC(C)=CCN1CC[C@@]2(C)c3cc(O)ccc3C[C@@H]1[C@@H]2C.Oc1ccc2c(c1)[C@@]13CCCC[C@@]1(O)[C@@H](C2)N(CC1CCC1)CC3. The quantitative estimate of drug-likeness (QED) is 0.318. The van der Waals surface area contributed by atoms with Crippen molar-refractivity contribution in [2.45, 2.75) is 127 Å². The number of aliphatic hydroxyl groups is 1. The molecule has 0 aromatic heterocycles. The number of rotatable bonds is 4. The molecule has 0 unspecified atom stereocenters. The van der Waals surface area contributed by atoms with Gasteiger partial charge in [0.25, 0.3) is 0 Å². The second-order valence-electron chi connectivity index (χ2n) is 16.2. The third kappa shape index (κ3) is 5.16. The Labute approximate surface area is 271 Å². The number of phenolic OH excluding ortho intramolecular Hbond substituents is 2. The van der Waals surface area contributed by atoms with Crippen LogP contribution in [0.2, 0.25) is 0 Å². The van der Waals surface area contributed by atoms with Gasteiger partial charge < -0.3 is 15.3 Å². The number of piperidine rings is 2. The summed E-state index contributed by atoms with van der Waals surface area (Å²) in [6, 6.07) is 12.8. The lowest BCUT2D eigenvalue weighted by Crippen LogP contribution is -2.72. The molecule has 0 spiro atoms. The highest BCUT2D eigenvalue weighted by molar-refractivity contribution is 5.48. The van der Waals surface area contributed by atoms with Gasteiger partial charge in [-0.25, -0.2) is 0 Å². The van der Waals surface area contributed by atoms with Gasteiger partial charge >= 0.3 is 0 Å². The monoisotopic (exact) mass is 612 g/mol. The van der Waals surface area contributed by atoms with Crippen LogP contribution in [0.4, 0.5) is 0 Å². The van der Waals surface area contributed by atoms with Crippen LogP contribution < -0.4 is 0 Å². The molecule has 2 aliphatic heterocycles. The summed E-state index contributed by atoms with van der Waals surface area (Å²) in [4.78, 5) is 5.28. The fourth-order valence-corrected chi connectivity index (χ4v) is 10.5. The van der Waals surface area contributed by atoms with Crippen LogP contribution in [0.1, 0.15) is 108 Å². The van der Waals surface area contributed by atoms with Crippen LogP contribution in [-0.4, -0.2) is 69.0 Å². The Kier molecular flexibility index (Phi) is 8.14. The average Bonchev–Trinajstić information content (AvgIpc) is 2.98. The third-order valence-corrected chi connectivity index (χ3v) is 13.6. The Hall–Kier alpha value is -2.34. The second-order valence-corrected chi connectivity index (χ2v) is 16.2. The number of likely N-dealkylation sites (tertiary alicyclic amines) is 2. The normalized spacial score (nSPS) is 35.5. The van der Waals surface area contributed by atoms with Gasteiger partial charge in [0, 0.05) is 30.6 Å². The predicted molar refractivity (Wildman–Crippen MR) is 182 cm³/mol. The van der Waals surface area contributed by atoms with Crippen LogP contribution >= 0.6 is 0 Å². The van der Waals surface area contributed by atoms with Crippen LogP contribution in [-0.2, 0) is 23.7 Å². The van der Waals surface area contributed by atoms with Gasteiger partial charge in [-0.15, -0.1) is 0 Å². The lowest BCUT2D eigenvalue weighted by molar-refractivity contribution is -0.169. The van der Waals surface area contributed by atoms with Crippen LogP contribution in [0, 0.1) is 11.8 Å². The molecular weight excluding hydrogens is 556 g/mol. The van der Waals surface area contributed by atoms with Gasteiger partial charge in [-0.3, -0.25) is 9.80 Å². The maximum atomic E-state index is 11.9. The van der Waals surface area contributed by atoms with E-state index >= 15 is 0 Å². The maximum absolute atomic E-state index is 11.9. The van der Waals surface area contributed by atoms with Crippen molar-refractivity contribution in [3.63, 3.8) is 0 Å². The molecule has 0 amide bonds. The standard InChI is InChI=1S/C21H29NO2.C19H27NO/c23-17-7-6-16-12-19-21(24)9-2-1-8-20(21,18(16)13-17)10-11-22(19)14-15-4-3-5-15;1-13(2)7-9-20-10-8-19(4)14(3)18(20)11-15-5-6-16(21)12-17(15)19/h6-7,13,15,19,23-24H,1-5,8-12,14H2;5-7,12,14,18,21H,8-11H2,1-4H3/t19-,20+,21-;14-,18+,19+/m10/s1. The van der Waals surface area contributed by atoms with Crippen molar-refractivity contribution in [2.24, 2.45) is 11.8 Å². The molecule has 2 heterocycles. The first-order valence-corrected chi connectivity index (χ1v) is 18.0. The number of phenols is 2. The van der Waals surface area contributed by atoms with Crippen LogP contribution in [0.5, 0.6) is 11.5 Å². The molecule has 4 fully saturated rings. The molecular formula is C40H56N2O3. The van der Waals surface area contributed by atoms with E-state index in [0.29, 0.717) is 23.5 Å². The molecule has 6 atom stereocenters. The summed E-state index contributed by atoms with van der Waals surface area (Å²) >= 11 is 0. The van der Waals surface area contributed by atoms with Crippen molar-refractivity contribution in [2.75, 3.05) is 26.2 Å². The number of hydrogen-bond donors (Lipinski definition) is 3. The van der Waals surface area contributed by atoms with Crippen molar-refractivity contribution in [3.8, 4) is 11.5 Å². The molecule has 0 radical (unpaired) electrons. The Morgan fingerprint density at radius 1 is 0.844 bits per heavy atom. The van der Waals surface area contributed by atoms with Gasteiger partial charge in [-0.1, -0.05) is 56.9 Å². The van der Waals surface area contributed by atoms with Gasteiger partial charge in [-0.2, -0.15) is 0 Å². The summed E-state index contributed by atoms with van der Waals surface area (Å²) in [6.45, 7) is 13.7. The number of benzene rings is 2. The molecule has 6 aliphatic rings. The Morgan fingerprint density at radius 2 is 1.51 bits per heavy atom. The molecule has 8 rings (SSSR count). The summed E-state index contributed by atoms with van der Waals surface area (Å²) in [6.07, 6.45) is 15.1. The molecule has 5 heteroatoms. The van der Waals surface area contributed by atoms with Crippen molar-refractivity contribution in [1.29, 1.82) is 0 Å². The summed E-state index contributed by atoms with van der Waals surface area (Å²) in [7, 11) is 0. The predicted octanol–water partition coefficient (Wildman–Crippen LogP) is 7.25. The van der Waals surface area contributed by atoms with Crippen molar-refractivity contribution < 1.29 is 15.3 Å². The summed E-state index contributed by atoms with van der Waals surface area (Å²) in [5, 5.41) is 31.9. The number of fused-ring (bicyclic) bond motifs is 5. The largest absolute Gasteiger partial charge is 0.508 e. The molecule has 5 nitrogen and oxygen atoms in total. The van der Waals surface area contributed by atoms with Crippen LogP contribution in [0.3, 0.4) is 0 Å². The molecule has 2 aromatic rings. The van der Waals surface area contributed by atoms with E-state index in [4.69, 9.17) is 0 Å². The van der Waals surface area contributed by atoms with E-state index in [1.165, 1.54) is 66.5 Å². The maximum Gasteiger partial charge on any atom is 0.115 e. The number of nitrogens with zero attached hydrogens (tertiary/aromatic N) is 2. The van der Waals surface area contributed by atoms with E-state index in [2.05, 4.69) is 55.7 Å². The van der Waals surface area contributed by atoms with Crippen molar-refractivity contribution in [1.82, 2.24) is 9.80 Å². The zero-order valence-corrected chi connectivity index (χ0v) is 28.2. The van der Waals surface area contributed by atoms with E-state index in [9.17, 15) is 15.3 Å². The van der Waals surface area contributed by atoms with Gasteiger partial charge in [0.05, 0.1) is 5.60 Å². The van der Waals surface area contributed by atoms with Crippen molar-refractivity contribution >= 4 is 0 Å². The first-order chi connectivity index (χ1) is 21.5. The number of hydrogen-bond acceptors (Lipinski definition) is 5. The Bertz CT molecular complexity index is 1450. The molecule has 3 N–H and O–H groups in total. The van der Waals surface area contributed by atoms with Gasteiger partial charge in [-0.05, 0) is 142 Å². The van der Waals surface area contributed by atoms with Gasteiger partial charge in [0.15, 0.2) is 0 Å². The summed E-state index contributed by atoms with van der Waals surface area (Å²) in [5.74, 6) is 2.25. The fourth-order valence-electron chi connectivity index (χ4n) is 10.5. The third-order valence-electron chi connectivity index (χ3n) is 13.6. The van der Waals surface area contributed by atoms with Crippen molar-refractivity contribution in [3.05, 3.63) is 70.3 Å². The first kappa shape index (κ1) is 31.3. The zero-order chi connectivity index (χ0) is 31.6. The molecule has 2 saturated carbocycles.